The molecule has 1 N–H and O–H groups in total. The third-order valence-corrected chi connectivity index (χ3v) is 4.68. The first-order chi connectivity index (χ1) is 9.47. The number of ether oxygens (including phenoxy) is 2. The molecular formula is C14H16BrFO4. The van der Waals surface area contributed by atoms with Crippen LogP contribution in [0.5, 0.6) is 11.5 Å². The van der Waals surface area contributed by atoms with Crippen molar-refractivity contribution in [1.82, 2.24) is 0 Å². The van der Waals surface area contributed by atoms with Crippen LogP contribution in [0.4, 0.5) is 4.39 Å². The van der Waals surface area contributed by atoms with E-state index < -0.39 is 17.2 Å². The van der Waals surface area contributed by atoms with Gasteiger partial charge < -0.3 is 14.6 Å². The number of aliphatic carboxylic acids is 1. The van der Waals surface area contributed by atoms with E-state index >= 15 is 0 Å². The number of carbonyl (C=O) groups is 1. The predicted octanol–water partition coefficient (Wildman–Crippen LogP) is 3.50. The van der Waals surface area contributed by atoms with Crippen molar-refractivity contribution in [2.75, 3.05) is 14.2 Å². The first kappa shape index (κ1) is 15.1. The Kier molecular flexibility index (Phi) is 4.22. The van der Waals surface area contributed by atoms with Gasteiger partial charge in [0, 0.05) is 11.6 Å². The Balaban J connectivity index is 2.77. The molecule has 0 radical (unpaired) electrons. The van der Waals surface area contributed by atoms with E-state index in [-0.39, 0.29) is 16.0 Å². The minimum Gasteiger partial charge on any atom is -0.493 e. The highest BCUT2D eigenvalue weighted by molar-refractivity contribution is 9.10. The first-order valence-electron chi connectivity index (χ1n) is 6.31. The molecule has 1 aliphatic carbocycles. The lowest BCUT2D eigenvalue weighted by molar-refractivity contribution is -0.143. The summed E-state index contributed by atoms with van der Waals surface area (Å²) in [4.78, 5) is 11.8. The van der Waals surface area contributed by atoms with Gasteiger partial charge in [-0.15, -0.1) is 0 Å². The van der Waals surface area contributed by atoms with Crippen LogP contribution in [0.25, 0.3) is 0 Å². The molecule has 4 nitrogen and oxygen atoms in total. The quantitative estimate of drug-likeness (QED) is 0.906. The van der Waals surface area contributed by atoms with E-state index in [9.17, 15) is 14.3 Å². The maximum Gasteiger partial charge on any atom is 0.314 e. The van der Waals surface area contributed by atoms with Crippen LogP contribution in [0.3, 0.4) is 0 Å². The van der Waals surface area contributed by atoms with E-state index in [1.807, 2.05) is 0 Å². The monoisotopic (exact) mass is 346 g/mol. The second-order valence-corrected chi connectivity index (χ2v) is 5.67. The fraction of sp³-hybridized carbons (Fsp3) is 0.500. The second kappa shape index (κ2) is 5.60. The number of methoxy groups -OCH3 is 2. The zero-order valence-corrected chi connectivity index (χ0v) is 12.9. The van der Waals surface area contributed by atoms with Crippen molar-refractivity contribution in [2.24, 2.45) is 0 Å². The molecule has 6 heteroatoms. The molecule has 0 heterocycles. The summed E-state index contributed by atoms with van der Waals surface area (Å²) in [6.45, 7) is 0. The summed E-state index contributed by atoms with van der Waals surface area (Å²) in [5.74, 6) is -1.02. The molecule has 0 unspecified atom stereocenters. The molecule has 0 bridgehead atoms. The molecule has 0 saturated heterocycles. The van der Waals surface area contributed by atoms with Gasteiger partial charge >= 0.3 is 5.97 Å². The lowest BCUT2D eigenvalue weighted by Crippen LogP contribution is -2.33. The van der Waals surface area contributed by atoms with Crippen LogP contribution in [0.2, 0.25) is 0 Å². The Morgan fingerprint density at radius 2 is 1.95 bits per heavy atom. The normalized spacial score (nSPS) is 17.0. The average Bonchev–Trinajstić information content (AvgIpc) is 2.91. The van der Waals surface area contributed by atoms with E-state index in [2.05, 4.69) is 15.9 Å². The zero-order chi connectivity index (χ0) is 14.9. The number of carboxylic acid groups (broad SMARTS) is 1. The van der Waals surface area contributed by atoms with Crippen molar-refractivity contribution in [3.8, 4) is 11.5 Å². The Labute approximate surface area is 125 Å². The number of benzene rings is 1. The Morgan fingerprint density at radius 3 is 2.40 bits per heavy atom. The molecule has 2 rings (SSSR count). The van der Waals surface area contributed by atoms with Crippen molar-refractivity contribution in [1.29, 1.82) is 0 Å². The molecule has 110 valence electrons. The second-order valence-electron chi connectivity index (χ2n) is 4.88. The van der Waals surface area contributed by atoms with Crippen molar-refractivity contribution in [2.45, 2.75) is 31.1 Å². The molecule has 0 aromatic heterocycles. The third-order valence-electron chi connectivity index (χ3n) is 3.91. The van der Waals surface area contributed by atoms with Gasteiger partial charge in [-0.1, -0.05) is 12.8 Å². The van der Waals surface area contributed by atoms with Gasteiger partial charge in [0.1, 0.15) is 5.82 Å². The number of rotatable bonds is 4. The number of carboxylic acids is 1. The smallest absolute Gasteiger partial charge is 0.314 e. The van der Waals surface area contributed by atoms with E-state index in [1.165, 1.54) is 20.3 Å². The summed E-state index contributed by atoms with van der Waals surface area (Å²) in [5, 5.41) is 9.68. The van der Waals surface area contributed by atoms with Gasteiger partial charge in [0.05, 0.1) is 24.1 Å². The van der Waals surface area contributed by atoms with Gasteiger partial charge in [-0.3, -0.25) is 4.79 Å². The van der Waals surface area contributed by atoms with Gasteiger partial charge in [0.2, 0.25) is 0 Å². The van der Waals surface area contributed by atoms with Crippen LogP contribution in [-0.2, 0) is 10.2 Å². The van der Waals surface area contributed by atoms with E-state index in [0.29, 0.717) is 18.4 Å². The van der Waals surface area contributed by atoms with Crippen LogP contribution in [0.1, 0.15) is 31.2 Å². The average molecular weight is 347 g/mol. The fourth-order valence-corrected chi connectivity index (χ4v) is 3.59. The van der Waals surface area contributed by atoms with Crippen molar-refractivity contribution in [3.63, 3.8) is 0 Å². The maximum absolute atomic E-state index is 14.1. The van der Waals surface area contributed by atoms with Crippen molar-refractivity contribution >= 4 is 21.9 Å². The molecule has 0 aliphatic heterocycles. The summed E-state index contributed by atoms with van der Waals surface area (Å²) >= 11 is 3.17. The minimum atomic E-state index is -1.13. The van der Waals surface area contributed by atoms with Gasteiger partial charge in [0.25, 0.3) is 0 Å². The molecule has 0 amide bonds. The highest BCUT2D eigenvalue weighted by atomic mass is 79.9. The number of halogens is 2. The molecule has 20 heavy (non-hydrogen) atoms. The zero-order valence-electron chi connectivity index (χ0n) is 11.3. The molecule has 1 aliphatic rings. The highest BCUT2D eigenvalue weighted by Crippen LogP contribution is 2.51. The van der Waals surface area contributed by atoms with Gasteiger partial charge in [0.15, 0.2) is 11.5 Å². The predicted molar refractivity (Wildman–Crippen MR) is 75.0 cm³/mol. The van der Waals surface area contributed by atoms with Gasteiger partial charge in [-0.2, -0.15) is 0 Å². The van der Waals surface area contributed by atoms with Crippen LogP contribution in [0, 0.1) is 5.82 Å². The molecule has 1 saturated carbocycles. The Bertz CT molecular complexity index is 538. The molecular weight excluding hydrogens is 331 g/mol. The standard InChI is InChI=1S/C14H16BrFO4/c1-19-9-7-8(16)11(15)10(12(9)20-2)14(13(17)18)5-3-4-6-14/h7H,3-6H2,1-2H3,(H,17,18). The summed E-state index contributed by atoms with van der Waals surface area (Å²) < 4.78 is 24.6. The summed E-state index contributed by atoms with van der Waals surface area (Å²) in [5.41, 5.74) is -0.790. The highest BCUT2D eigenvalue weighted by Gasteiger charge is 2.47. The SMILES string of the molecule is COc1cc(F)c(Br)c(C2(C(=O)O)CCCC2)c1OC. The number of hydrogen-bond donors (Lipinski definition) is 1. The fourth-order valence-electron chi connectivity index (χ4n) is 2.92. The van der Waals surface area contributed by atoms with E-state index in [1.54, 1.807) is 0 Å². The summed E-state index contributed by atoms with van der Waals surface area (Å²) in [7, 11) is 2.83. The van der Waals surface area contributed by atoms with Crippen molar-refractivity contribution in [3.05, 3.63) is 21.9 Å². The van der Waals surface area contributed by atoms with Gasteiger partial charge in [-0.25, -0.2) is 4.39 Å². The van der Waals surface area contributed by atoms with E-state index in [0.717, 1.165) is 12.8 Å². The summed E-state index contributed by atoms with van der Waals surface area (Å²) in [6, 6.07) is 1.19. The van der Waals surface area contributed by atoms with Crippen LogP contribution in [0.15, 0.2) is 10.5 Å². The Hall–Kier alpha value is -1.30. The van der Waals surface area contributed by atoms with Crippen LogP contribution in [-0.4, -0.2) is 25.3 Å². The maximum atomic E-state index is 14.1. The van der Waals surface area contributed by atoms with Crippen LogP contribution >= 0.6 is 15.9 Å². The lowest BCUT2D eigenvalue weighted by Gasteiger charge is -2.28. The van der Waals surface area contributed by atoms with E-state index in [4.69, 9.17) is 9.47 Å². The molecule has 1 aromatic carbocycles. The molecule has 1 aromatic rings. The Morgan fingerprint density at radius 1 is 1.35 bits per heavy atom. The largest absolute Gasteiger partial charge is 0.493 e. The minimum absolute atomic E-state index is 0.138. The molecule has 1 fully saturated rings. The van der Waals surface area contributed by atoms with Gasteiger partial charge in [-0.05, 0) is 28.8 Å². The van der Waals surface area contributed by atoms with Crippen LogP contribution < -0.4 is 9.47 Å². The third kappa shape index (κ3) is 2.16. The molecule has 0 spiro atoms. The van der Waals surface area contributed by atoms with Crippen molar-refractivity contribution < 1.29 is 23.8 Å². The first-order valence-corrected chi connectivity index (χ1v) is 7.11. The topological polar surface area (TPSA) is 55.8 Å². The number of hydrogen-bond acceptors (Lipinski definition) is 3. The summed E-state index contributed by atoms with van der Waals surface area (Å²) in [6.07, 6.45) is 2.51. The lowest BCUT2D eigenvalue weighted by atomic mass is 9.78. The molecule has 0 atom stereocenters.